The summed E-state index contributed by atoms with van der Waals surface area (Å²) in [6.07, 6.45) is 4.53. The van der Waals surface area contributed by atoms with Crippen molar-refractivity contribution in [3.05, 3.63) is 87.4 Å². The lowest BCUT2D eigenvalue weighted by Gasteiger charge is -2.06. The molecule has 6 aromatic rings. The number of hydrogen-bond acceptors (Lipinski definition) is 5. The van der Waals surface area contributed by atoms with Crippen molar-refractivity contribution in [3.63, 3.8) is 0 Å². The third-order valence-electron chi connectivity index (χ3n) is 6.19. The van der Waals surface area contributed by atoms with Gasteiger partial charge in [-0.3, -0.25) is 9.36 Å². The monoisotopic (exact) mass is 487 g/mol. The molecule has 0 radical (unpaired) electrons. The highest BCUT2D eigenvalue weighted by atomic mass is 35.5. The van der Waals surface area contributed by atoms with Crippen molar-refractivity contribution in [1.29, 1.82) is 0 Å². The van der Waals surface area contributed by atoms with Crippen LogP contribution in [-0.2, 0) is 19.4 Å². The van der Waals surface area contributed by atoms with E-state index >= 15 is 0 Å². The van der Waals surface area contributed by atoms with E-state index in [9.17, 15) is 9.18 Å². The quantitative estimate of drug-likeness (QED) is 0.384. The number of nitrogens with one attached hydrogen (secondary N) is 1. The van der Waals surface area contributed by atoms with Crippen LogP contribution < -0.4 is 5.56 Å². The number of nitrogens with zero attached hydrogens (tertiary/aromatic N) is 6. The number of aromatic amines is 1. The van der Waals surface area contributed by atoms with Gasteiger partial charge in [-0.2, -0.15) is 9.61 Å². The summed E-state index contributed by atoms with van der Waals surface area (Å²) < 4.78 is 16.8. The molecule has 10 heteroatoms. The van der Waals surface area contributed by atoms with E-state index in [0.29, 0.717) is 35.7 Å². The van der Waals surface area contributed by atoms with Crippen LogP contribution in [0.15, 0.2) is 59.8 Å². The molecule has 0 saturated carbocycles. The molecule has 2 aromatic carbocycles. The molecule has 0 fully saturated rings. The van der Waals surface area contributed by atoms with Gasteiger partial charge in [0.25, 0.3) is 5.56 Å². The van der Waals surface area contributed by atoms with Gasteiger partial charge in [0.15, 0.2) is 16.8 Å². The summed E-state index contributed by atoms with van der Waals surface area (Å²) in [6, 6.07) is 12.1. The van der Waals surface area contributed by atoms with E-state index in [1.807, 2.05) is 37.4 Å². The molecule has 0 atom stereocenters. The van der Waals surface area contributed by atoms with E-state index in [1.165, 1.54) is 23.0 Å². The Hall–Kier alpha value is -4.11. The highest BCUT2D eigenvalue weighted by Gasteiger charge is 2.19. The third kappa shape index (κ3) is 3.55. The van der Waals surface area contributed by atoms with Crippen LogP contribution in [0.1, 0.15) is 18.2 Å². The lowest BCUT2D eigenvalue weighted by atomic mass is 10.0. The molecule has 4 heterocycles. The topological polar surface area (TPSA) is 93.8 Å². The van der Waals surface area contributed by atoms with Gasteiger partial charge in [0.2, 0.25) is 0 Å². The van der Waals surface area contributed by atoms with Crippen molar-refractivity contribution in [2.24, 2.45) is 0 Å². The van der Waals surface area contributed by atoms with Crippen molar-refractivity contribution in [2.45, 2.75) is 26.3 Å². The summed E-state index contributed by atoms with van der Waals surface area (Å²) in [4.78, 5) is 20.9. The van der Waals surface area contributed by atoms with Gasteiger partial charge in [0.1, 0.15) is 12.1 Å². The van der Waals surface area contributed by atoms with Crippen LogP contribution in [0.4, 0.5) is 4.39 Å². The lowest BCUT2D eigenvalue weighted by Crippen LogP contribution is -2.23. The normalized spacial score (nSPS) is 11.7. The molecule has 6 rings (SSSR count). The van der Waals surface area contributed by atoms with E-state index in [0.717, 1.165) is 33.3 Å². The molecule has 35 heavy (non-hydrogen) atoms. The Kier molecular flexibility index (Phi) is 5.07. The van der Waals surface area contributed by atoms with Gasteiger partial charge < -0.3 is 4.98 Å². The molecule has 0 unspecified atom stereocenters. The minimum atomic E-state index is -0.308. The number of fused-ring (bicyclic) bond motifs is 4. The molecule has 0 aliphatic rings. The van der Waals surface area contributed by atoms with Gasteiger partial charge in [-0.15, -0.1) is 10.2 Å². The fourth-order valence-corrected chi connectivity index (χ4v) is 4.55. The number of H-pyrrole nitrogens is 1. The van der Waals surface area contributed by atoms with E-state index < -0.39 is 0 Å². The molecule has 0 bridgehead atoms. The van der Waals surface area contributed by atoms with Gasteiger partial charge in [0, 0.05) is 28.7 Å². The maximum absolute atomic E-state index is 13.7. The fourth-order valence-electron chi connectivity index (χ4n) is 4.42. The zero-order valence-corrected chi connectivity index (χ0v) is 19.4. The Morgan fingerprint density at radius 1 is 1.09 bits per heavy atom. The minimum Gasteiger partial charge on any atom is -0.361 e. The number of rotatable bonds is 5. The van der Waals surface area contributed by atoms with Crippen molar-refractivity contribution in [3.8, 4) is 11.1 Å². The van der Waals surface area contributed by atoms with E-state index in [-0.39, 0.29) is 16.9 Å². The molecule has 0 spiro atoms. The maximum Gasteiger partial charge on any atom is 0.283 e. The fraction of sp³-hybridized carbons (Fsp3) is 0.160. The summed E-state index contributed by atoms with van der Waals surface area (Å²) in [5, 5.41) is 14.7. The number of halogens is 2. The maximum atomic E-state index is 13.7. The second-order valence-corrected chi connectivity index (χ2v) is 8.72. The zero-order valence-electron chi connectivity index (χ0n) is 18.7. The molecular weight excluding hydrogens is 469 g/mol. The van der Waals surface area contributed by atoms with Gasteiger partial charge in [-0.1, -0.05) is 30.7 Å². The Morgan fingerprint density at radius 2 is 1.91 bits per heavy atom. The average molecular weight is 488 g/mol. The van der Waals surface area contributed by atoms with Crippen molar-refractivity contribution in [2.75, 3.05) is 0 Å². The average Bonchev–Trinajstić information content (AvgIpc) is 3.45. The molecule has 8 nitrogen and oxygen atoms in total. The smallest absolute Gasteiger partial charge is 0.283 e. The summed E-state index contributed by atoms with van der Waals surface area (Å²) in [5.41, 5.74) is 5.05. The summed E-state index contributed by atoms with van der Waals surface area (Å²) in [7, 11) is 0. The molecule has 174 valence electrons. The van der Waals surface area contributed by atoms with E-state index in [4.69, 9.17) is 11.6 Å². The van der Waals surface area contributed by atoms with Crippen LogP contribution in [0.2, 0.25) is 5.02 Å². The predicted octanol–water partition coefficient (Wildman–Crippen LogP) is 4.58. The van der Waals surface area contributed by atoms with Crippen LogP contribution in [0.5, 0.6) is 0 Å². The summed E-state index contributed by atoms with van der Waals surface area (Å²) >= 11 is 6.05. The lowest BCUT2D eigenvalue weighted by molar-refractivity contribution is 0.629. The Bertz CT molecular complexity index is 1790. The second-order valence-electron chi connectivity index (χ2n) is 8.29. The first-order chi connectivity index (χ1) is 17.0. The molecule has 1 N–H and O–H groups in total. The molecule has 4 aromatic heterocycles. The van der Waals surface area contributed by atoms with Crippen molar-refractivity contribution >= 4 is 39.3 Å². The third-order valence-corrected chi connectivity index (χ3v) is 6.44. The van der Waals surface area contributed by atoms with Crippen LogP contribution in [0, 0.1) is 5.82 Å². The SMILES string of the molecule is CCc1nn2c(nnc3c(=O)n(CCc4c[nH]c5ccc(F)cc45)cnc32)c1-c1ccc(Cl)cc1. The number of hydrogen-bond donors (Lipinski definition) is 1. The van der Waals surface area contributed by atoms with Gasteiger partial charge in [-0.05, 0) is 54.3 Å². The van der Waals surface area contributed by atoms with E-state index in [2.05, 4.69) is 25.3 Å². The molecular formula is C25H19ClFN7O. The first-order valence-electron chi connectivity index (χ1n) is 11.2. The van der Waals surface area contributed by atoms with Crippen LogP contribution in [0.3, 0.4) is 0 Å². The number of benzene rings is 2. The zero-order chi connectivity index (χ0) is 24.1. The van der Waals surface area contributed by atoms with Crippen LogP contribution in [-0.4, -0.2) is 34.3 Å². The molecule has 0 amide bonds. The molecule has 0 saturated heterocycles. The Labute approximate surface area is 203 Å². The second kappa shape index (κ2) is 8.28. The number of aryl methyl sites for hydroxylation is 3. The summed E-state index contributed by atoms with van der Waals surface area (Å²) in [5.74, 6) is -0.300. The van der Waals surface area contributed by atoms with Crippen LogP contribution in [0.25, 0.3) is 38.8 Å². The first kappa shape index (κ1) is 21.4. The van der Waals surface area contributed by atoms with Gasteiger partial charge in [0.05, 0.1) is 11.3 Å². The van der Waals surface area contributed by atoms with Gasteiger partial charge in [-0.25, -0.2) is 9.37 Å². The largest absolute Gasteiger partial charge is 0.361 e. The molecule has 0 aliphatic heterocycles. The standard InChI is InChI=1S/C25H19ClFN7O/c1-2-19-21(14-3-5-16(26)6-4-14)23-31-30-22-24(34(23)32-19)29-13-33(25(22)35)10-9-15-12-28-20-8-7-17(27)11-18(15)20/h3-8,11-13,28H,2,9-10H2,1H3. The van der Waals surface area contributed by atoms with Crippen molar-refractivity contribution < 1.29 is 4.39 Å². The highest BCUT2D eigenvalue weighted by Crippen LogP contribution is 2.29. The predicted molar refractivity (Wildman–Crippen MR) is 132 cm³/mol. The first-order valence-corrected chi connectivity index (χ1v) is 11.6. The Morgan fingerprint density at radius 3 is 2.71 bits per heavy atom. The van der Waals surface area contributed by atoms with Gasteiger partial charge >= 0.3 is 0 Å². The Balaban J connectivity index is 1.41. The molecule has 0 aliphatic carbocycles. The van der Waals surface area contributed by atoms with Crippen LogP contribution >= 0.6 is 11.6 Å². The summed E-state index contributed by atoms with van der Waals surface area (Å²) in [6.45, 7) is 2.37. The number of aromatic nitrogens is 7. The van der Waals surface area contributed by atoms with E-state index in [1.54, 1.807) is 10.6 Å². The highest BCUT2D eigenvalue weighted by molar-refractivity contribution is 6.30. The van der Waals surface area contributed by atoms with Crippen molar-refractivity contribution in [1.82, 2.24) is 34.3 Å². The minimum absolute atomic E-state index is 0.137.